The highest BCUT2D eigenvalue weighted by molar-refractivity contribution is 5.67. The molecule has 0 bridgehead atoms. The Kier molecular flexibility index (Phi) is 4.86. The minimum absolute atomic E-state index is 0.0791. The molecule has 1 aromatic carbocycles. The molecule has 2 rings (SSSR count). The Balaban J connectivity index is 2.02. The number of allylic oxidation sites excluding steroid dienone is 2. The Labute approximate surface area is 120 Å². The topological polar surface area (TPSA) is 30.5 Å². The number of terminal acetylenes is 1. The molecule has 0 radical (unpaired) electrons. The zero-order chi connectivity index (χ0) is 14.4. The molecule has 1 unspecified atom stereocenters. The zero-order valence-electron chi connectivity index (χ0n) is 11.7. The van der Waals surface area contributed by atoms with Gasteiger partial charge in [0.2, 0.25) is 0 Å². The molecule has 104 valence electrons. The van der Waals surface area contributed by atoms with Crippen LogP contribution in [0.25, 0.3) is 5.70 Å². The summed E-state index contributed by atoms with van der Waals surface area (Å²) in [4.78, 5) is 0. The highest BCUT2D eigenvalue weighted by Crippen LogP contribution is 2.25. The van der Waals surface area contributed by atoms with Gasteiger partial charge in [-0.1, -0.05) is 18.6 Å². The minimum atomic E-state index is 0.0791. The summed E-state index contributed by atoms with van der Waals surface area (Å²) in [5.74, 6) is 3.64. The van der Waals surface area contributed by atoms with E-state index in [-0.39, 0.29) is 5.92 Å². The van der Waals surface area contributed by atoms with Gasteiger partial charge in [0.15, 0.2) is 0 Å². The van der Waals surface area contributed by atoms with Crippen LogP contribution in [0.5, 0.6) is 5.75 Å². The summed E-state index contributed by atoms with van der Waals surface area (Å²) in [6.07, 6.45) is 8.38. The van der Waals surface area contributed by atoms with Crippen molar-refractivity contribution in [2.45, 2.75) is 6.42 Å². The molecule has 0 saturated heterocycles. The summed E-state index contributed by atoms with van der Waals surface area (Å²) in [6.45, 7) is 5.11. The van der Waals surface area contributed by atoms with E-state index in [4.69, 9.17) is 15.9 Å². The molecule has 1 aliphatic rings. The van der Waals surface area contributed by atoms with Crippen molar-refractivity contribution in [1.29, 1.82) is 0 Å². The first-order valence-corrected chi connectivity index (χ1v) is 6.59. The third-order valence-corrected chi connectivity index (χ3v) is 3.20. The average Bonchev–Trinajstić information content (AvgIpc) is 2.48. The second kappa shape index (κ2) is 6.83. The van der Waals surface area contributed by atoms with Gasteiger partial charge in [0.25, 0.3) is 0 Å². The van der Waals surface area contributed by atoms with Crippen LogP contribution in [0.2, 0.25) is 0 Å². The van der Waals surface area contributed by atoms with Gasteiger partial charge >= 0.3 is 0 Å². The van der Waals surface area contributed by atoms with Crippen molar-refractivity contribution in [2.75, 3.05) is 20.3 Å². The largest absolute Gasteiger partial charge is 0.491 e. The second-order valence-corrected chi connectivity index (χ2v) is 4.59. The summed E-state index contributed by atoms with van der Waals surface area (Å²) in [6, 6.07) is 7.93. The van der Waals surface area contributed by atoms with Crippen LogP contribution < -0.4 is 10.1 Å². The van der Waals surface area contributed by atoms with Crippen molar-refractivity contribution >= 4 is 5.70 Å². The number of rotatable bonds is 5. The van der Waals surface area contributed by atoms with Crippen molar-refractivity contribution < 1.29 is 9.47 Å². The Morgan fingerprint density at radius 3 is 2.70 bits per heavy atom. The SMILES string of the molecule is C#CC1CC=C(c2ccc(OCCOC)cc2)NC1=C. The monoisotopic (exact) mass is 269 g/mol. The van der Waals surface area contributed by atoms with Crippen molar-refractivity contribution in [3.63, 3.8) is 0 Å². The van der Waals surface area contributed by atoms with Gasteiger partial charge in [-0.3, -0.25) is 0 Å². The van der Waals surface area contributed by atoms with Gasteiger partial charge in [-0.25, -0.2) is 0 Å². The average molecular weight is 269 g/mol. The van der Waals surface area contributed by atoms with Crippen molar-refractivity contribution in [3.05, 3.63) is 48.2 Å². The molecule has 3 heteroatoms. The van der Waals surface area contributed by atoms with Crippen LogP contribution in [0.1, 0.15) is 12.0 Å². The molecule has 0 aromatic heterocycles. The number of nitrogens with one attached hydrogen (secondary N) is 1. The molecule has 1 heterocycles. The van der Waals surface area contributed by atoms with Crippen LogP contribution in [-0.4, -0.2) is 20.3 Å². The van der Waals surface area contributed by atoms with E-state index in [0.717, 1.165) is 29.1 Å². The van der Waals surface area contributed by atoms with E-state index in [1.54, 1.807) is 7.11 Å². The van der Waals surface area contributed by atoms with E-state index in [1.165, 1.54) is 0 Å². The lowest BCUT2D eigenvalue weighted by atomic mass is 9.96. The Morgan fingerprint density at radius 1 is 1.35 bits per heavy atom. The van der Waals surface area contributed by atoms with Crippen LogP contribution in [0.3, 0.4) is 0 Å². The Hall–Kier alpha value is -2.18. The van der Waals surface area contributed by atoms with E-state index in [0.29, 0.717) is 13.2 Å². The minimum Gasteiger partial charge on any atom is -0.491 e. The molecule has 20 heavy (non-hydrogen) atoms. The molecule has 0 spiro atoms. The van der Waals surface area contributed by atoms with E-state index in [9.17, 15) is 0 Å². The maximum absolute atomic E-state index is 5.54. The molecular weight excluding hydrogens is 250 g/mol. The first-order chi connectivity index (χ1) is 9.74. The van der Waals surface area contributed by atoms with Crippen molar-refractivity contribution in [3.8, 4) is 18.1 Å². The fourth-order valence-corrected chi connectivity index (χ4v) is 2.02. The predicted octanol–water partition coefficient (Wildman–Crippen LogP) is 2.81. The number of hydrogen-bond acceptors (Lipinski definition) is 3. The van der Waals surface area contributed by atoms with Gasteiger partial charge in [-0.15, -0.1) is 6.42 Å². The summed E-state index contributed by atoms with van der Waals surface area (Å²) in [5.41, 5.74) is 3.02. The van der Waals surface area contributed by atoms with Gasteiger partial charge in [0.05, 0.1) is 12.5 Å². The molecule has 1 N–H and O–H groups in total. The maximum Gasteiger partial charge on any atom is 0.119 e. The second-order valence-electron chi connectivity index (χ2n) is 4.59. The van der Waals surface area contributed by atoms with Gasteiger partial charge in [0.1, 0.15) is 12.4 Å². The third kappa shape index (κ3) is 3.43. The van der Waals surface area contributed by atoms with E-state index >= 15 is 0 Å². The van der Waals surface area contributed by atoms with Crippen LogP contribution >= 0.6 is 0 Å². The van der Waals surface area contributed by atoms with Gasteiger partial charge in [0, 0.05) is 18.5 Å². The molecule has 0 aliphatic carbocycles. The molecule has 1 aliphatic heterocycles. The van der Waals surface area contributed by atoms with E-state index in [1.807, 2.05) is 24.3 Å². The van der Waals surface area contributed by atoms with Crippen LogP contribution in [0.4, 0.5) is 0 Å². The normalized spacial score (nSPS) is 17.9. The predicted molar refractivity (Wildman–Crippen MR) is 81.0 cm³/mol. The molecule has 1 atom stereocenters. The van der Waals surface area contributed by atoms with Gasteiger partial charge in [-0.2, -0.15) is 0 Å². The summed E-state index contributed by atoms with van der Waals surface area (Å²) in [5, 5.41) is 3.27. The smallest absolute Gasteiger partial charge is 0.119 e. The molecule has 3 nitrogen and oxygen atoms in total. The van der Waals surface area contributed by atoms with Crippen molar-refractivity contribution in [1.82, 2.24) is 5.32 Å². The first kappa shape index (κ1) is 14.2. The number of hydrogen-bond donors (Lipinski definition) is 1. The first-order valence-electron chi connectivity index (χ1n) is 6.59. The number of benzene rings is 1. The highest BCUT2D eigenvalue weighted by Gasteiger charge is 2.16. The van der Waals surface area contributed by atoms with Gasteiger partial charge in [-0.05, 0) is 36.2 Å². The molecule has 0 fully saturated rings. The lowest BCUT2D eigenvalue weighted by molar-refractivity contribution is 0.146. The van der Waals surface area contributed by atoms with Crippen LogP contribution in [-0.2, 0) is 4.74 Å². The molecular formula is C17H19NO2. The lowest BCUT2D eigenvalue weighted by Crippen LogP contribution is -2.21. The standard InChI is InChI=1S/C17H19NO2/c1-4-14-7-10-17(18-13(14)2)15-5-8-16(9-6-15)20-12-11-19-3/h1,5-6,8-10,14,18H,2,7,11-12H2,3H3. The molecule has 1 aromatic rings. The van der Waals surface area contributed by atoms with E-state index in [2.05, 4.69) is 23.9 Å². The summed E-state index contributed by atoms with van der Waals surface area (Å²) in [7, 11) is 1.66. The van der Waals surface area contributed by atoms with Gasteiger partial charge < -0.3 is 14.8 Å². The fraction of sp³-hybridized carbons (Fsp3) is 0.294. The van der Waals surface area contributed by atoms with Crippen LogP contribution in [0, 0.1) is 18.3 Å². The lowest BCUT2D eigenvalue weighted by Gasteiger charge is -2.23. The van der Waals surface area contributed by atoms with E-state index < -0.39 is 0 Å². The molecule has 0 amide bonds. The third-order valence-electron chi connectivity index (χ3n) is 3.20. The quantitative estimate of drug-likeness (QED) is 0.658. The summed E-state index contributed by atoms with van der Waals surface area (Å²) >= 11 is 0. The highest BCUT2D eigenvalue weighted by atomic mass is 16.5. The maximum atomic E-state index is 5.54. The van der Waals surface area contributed by atoms with Crippen molar-refractivity contribution in [2.24, 2.45) is 5.92 Å². The molecule has 0 saturated carbocycles. The fourth-order valence-electron chi connectivity index (χ4n) is 2.02. The summed E-state index contributed by atoms with van der Waals surface area (Å²) < 4.78 is 10.5. The number of methoxy groups -OCH3 is 1. The Bertz CT molecular complexity index is 537. The Morgan fingerprint density at radius 2 is 2.10 bits per heavy atom. The number of ether oxygens (including phenoxy) is 2. The van der Waals surface area contributed by atoms with Crippen LogP contribution in [0.15, 0.2) is 42.6 Å². The zero-order valence-corrected chi connectivity index (χ0v) is 11.7.